The molecule has 3 aliphatic rings. The molecule has 0 aromatic carbocycles. The van der Waals surface area contributed by atoms with Crippen molar-refractivity contribution in [3.05, 3.63) is 46.5 Å². The maximum atomic E-state index is 5.51. The summed E-state index contributed by atoms with van der Waals surface area (Å²) in [7, 11) is 0. The van der Waals surface area contributed by atoms with Gasteiger partial charge in [-0.05, 0) is 37.8 Å². The number of nitrogens with zero attached hydrogens (tertiary/aromatic N) is 4. The summed E-state index contributed by atoms with van der Waals surface area (Å²) in [4.78, 5) is 14.3. The number of anilines is 1. The number of aromatic nitrogens is 3. The zero-order valence-electron chi connectivity index (χ0n) is 14.8. The molecule has 134 valence electrons. The molecule has 2 aromatic rings. The fourth-order valence-corrected chi connectivity index (χ4v) is 4.19. The number of hydrogen-bond donors (Lipinski definition) is 1. The van der Waals surface area contributed by atoms with Crippen LogP contribution in [0.3, 0.4) is 0 Å². The van der Waals surface area contributed by atoms with E-state index in [1.54, 1.807) is 0 Å². The van der Waals surface area contributed by atoms with E-state index in [-0.39, 0.29) is 0 Å². The van der Waals surface area contributed by atoms with Gasteiger partial charge in [0.05, 0.1) is 16.6 Å². The van der Waals surface area contributed by atoms with Gasteiger partial charge in [-0.1, -0.05) is 12.6 Å². The molecule has 0 bridgehead atoms. The second-order valence-corrected chi connectivity index (χ2v) is 7.30. The fraction of sp³-hybridized carbons (Fsp3) is 0.450. The summed E-state index contributed by atoms with van der Waals surface area (Å²) in [5.41, 5.74) is 4.52. The van der Waals surface area contributed by atoms with Crippen LogP contribution in [0.25, 0.3) is 12.8 Å². The van der Waals surface area contributed by atoms with Gasteiger partial charge in [0.2, 0.25) is 0 Å². The number of hydrazine groups is 1. The highest BCUT2D eigenvalue weighted by molar-refractivity contribution is 5.52. The van der Waals surface area contributed by atoms with E-state index in [1.165, 1.54) is 0 Å². The smallest absolute Gasteiger partial charge is 0.160 e. The molecule has 2 fully saturated rings. The predicted molar refractivity (Wildman–Crippen MR) is 99.7 cm³/mol. The number of ether oxygens (including phenoxy) is 1. The first-order valence-electron chi connectivity index (χ1n) is 9.42. The lowest BCUT2D eigenvalue weighted by molar-refractivity contribution is 0.0832. The van der Waals surface area contributed by atoms with E-state index >= 15 is 0 Å². The molecule has 0 radical (unpaired) electrons. The van der Waals surface area contributed by atoms with Crippen LogP contribution < -0.4 is 21.0 Å². The Bertz CT molecular complexity index is 910. The van der Waals surface area contributed by atoms with Crippen LogP contribution >= 0.6 is 0 Å². The van der Waals surface area contributed by atoms with E-state index in [4.69, 9.17) is 14.7 Å². The minimum absolute atomic E-state index is 0.327. The molecule has 1 N–H and O–H groups in total. The third-order valence-electron chi connectivity index (χ3n) is 5.83. The standard InChI is InChI=1S/C20H23N5O/c1-13-17-12-22-25(14-7-10-26-11-8-14)20(17)24-19(23-13)16-6-5-15(16)18-4-2-3-9-21-18/h2-4,9,12,14-16,22H,1,5-8,10-11H2/t15-,16-/m1/s1. The molecule has 5 rings (SSSR count). The van der Waals surface area contributed by atoms with E-state index in [0.717, 1.165) is 66.8 Å². The molecule has 2 aliphatic heterocycles. The van der Waals surface area contributed by atoms with E-state index in [0.29, 0.717) is 17.9 Å². The van der Waals surface area contributed by atoms with Gasteiger partial charge in [-0.15, -0.1) is 0 Å². The van der Waals surface area contributed by atoms with Gasteiger partial charge < -0.3 is 10.2 Å². The lowest BCUT2D eigenvalue weighted by Crippen LogP contribution is -2.46. The largest absolute Gasteiger partial charge is 0.381 e. The molecule has 1 aliphatic carbocycles. The molecule has 4 heterocycles. The number of hydrogen-bond acceptors (Lipinski definition) is 6. The highest BCUT2D eigenvalue weighted by Crippen LogP contribution is 2.47. The Morgan fingerprint density at radius 2 is 1.92 bits per heavy atom. The maximum Gasteiger partial charge on any atom is 0.160 e. The lowest BCUT2D eigenvalue weighted by atomic mass is 9.71. The second kappa shape index (κ2) is 6.36. The summed E-state index contributed by atoms with van der Waals surface area (Å²) in [5.74, 6) is 2.61. The van der Waals surface area contributed by atoms with Crippen LogP contribution in [0, 0.1) is 0 Å². The molecule has 6 nitrogen and oxygen atoms in total. The van der Waals surface area contributed by atoms with E-state index in [2.05, 4.69) is 34.1 Å². The van der Waals surface area contributed by atoms with Gasteiger partial charge in [-0.3, -0.25) is 9.99 Å². The lowest BCUT2D eigenvalue weighted by Gasteiger charge is -2.36. The Balaban J connectivity index is 1.47. The Morgan fingerprint density at radius 1 is 1.08 bits per heavy atom. The Morgan fingerprint density at radius 3 is 2.65 bits per heavy atom. The molecular formula is C20H23N5O. The van der Waals surface area contributed by atoms with Gasteiger partial charge >= 0.3 is 0 Å². The van der Waals surface area contributed by atoms with Crippen LogP contribution in [0.5, 0.6) is 0 Å². The number of fused-ring (bicyclic) bond motifs is 1. The molecule has 0 amide bonds. The summed E-state index contributed by atoms with van der Waals surface area (Å²) in [6.45, 7) is 5.79. The summed E-state index contributed by atoms with van der Waals surface area (Å²) in [5, 5.41) is 4.00. The molecule has 1 saturated heterocycles. The van der Waals surface area contributed by atoms with Gasteiger partial charge in [0.25, 0.3) is 0 Å². The van der Waals surface area contributed by atoms with Crippen LogP contribution in [0.15, 0.2) is 24.4 Å². The van der Waals surface area contributed by atoms with E-state index in [1.807, 2.05) is 18.5 Å². The Kier molecular flexibility index (Phi) is 3.85. The van der Waals surface area contributed by atoms with Crippen molar-refractivity contribution in [2.45, 2.75) is 43.6 Å². The number of rotatable bonds is 3. The molecule has 2 atom stereocenters. The third-order valence-corrected chi connectivity index (χ3v) is 5.83. The Labute approximate surface area is 152 Å². The summed E-state index contributed by atoms with van der Waals surface area (Å²) >= 11 is 0. The first-order valence-corrected chi connectivity index (χ1v) is 9.42. The first-order chi connectivity index (χ1) is 12.8. The Hall–Kier alpha value is -2.47. The van der Waals surface area contributed by atoms with Crippen LogP contribution in [0.2, 0.25) is 0 Å². The van der Waals surface area contributed by atoms with Crippen molar-refractivity contribution in [2.24, 2.45) is 0 Å². The zero-order valence-corrected chi connectivity index (χ0v) is 14.8. The molecule has 1 saturated carbocycles. The summed E-state index contributed by atoms with van der Waals surface area (Å²) < 4.78 is 5.51. The van der Waals surface area contributed by atoms with Crippen LogP contribution in [0.4, 0.5) is 5.82 Å². The third kappa shape index (κ3) is 2.56. The summed E-state index contributed by atoms with van der Waals surface area (Å²) in [6.07, 6.45) is 8.11. The van der Waals surface area contributed by atoms with Crippen molar-refractivity contribution in [3.8, 4) is 0 Å². The maximum absolute atomic E-state index is 5.51. The highest BCUT2D eigenvalue weighted by Gasteiger charge is 2.37. The minimum atomic E-state index is 0.327. The fourth-order valence-electron chi connectivity index (χ4n) is 4.19. The number of nitrogens with one attached hydrogen (secondary N) is 1. The van der Waals surface area contributed by atoms with Gasteiger partial charge in [-0.25, -0.2) is 9.97 Å². The van der Waals surface area contributed by atoms with Crippen LogP contribution in [0.1, 0.15) is 49.0 Å². The molecule has 0 spiro atoms. The first kappa shape index (κ1) is 15.8. The zero-order chi connectivity index (χ0) is 17.5. The monoisotopic (exact) mass is 349 g/mol. The van der Waals surface area contributed by atoms with Crippen molar-refractivity contribution < 1.29 is 4.74 Å². The SMILES string of the molecule is C=c1nc([C@@H]2CC[C@H]2c2ccccn2)nc2c1=CNN2C1CCOCC1. The normalized spacial score (nSPS) is 25.2. The predicted octanol–water partition coefficient (Wildman–Crippen LogP) is 1.18. The average Bonchev–Trinajstić information content (AvgIpc) is 3.07. The molecule has 2 aromatic heterocycles. The van der Waals surface area contributed by atoms with Gasteiger partial charge in [0.15, 0.2) is 5.82 Å². The van der Waals surface area contributed by atoms with Crippen molar-refractivity contribution in [3.63, 3.8) is 0 Å². The summed E-state index contributed by atoms with van der Waals surface area (Å²) in [6, 6.07) is 6.53. The van der Waals surface area contributed by atoms with E-state index in [9.17, 15) is 0 Å². The average molecular weight is 349 g/mol. The molecule has 6 heteroatoms. The minimum Gasteiger partial charge on any atom is -0.381 e. The van der Waals surface area contributed by atoms with Crippen molar-refractivity contribution in [1.82, 2.24) is 20.4 Å². The van der Waals surface area contributed by atoms with Crippen molar-refractivity contribution in [1.29, 1.82) is 0 Å². The van der Waals surface area contributed by atoms with Crippen LogP contribution in [-0.2, 0) is 4.74 Å². The van der Waals surface area contributed by atoms with E-state index < -0.39 is 0 Å². The van der Waals surface area contributed by atoms with Gasteiger partial charge in [0.1, 0.15) is 5.82 Å². The highest BCUT2D eigenvalue weighted by atomic mass is 16.5. The van der Waals surface area contributed by atoms with Crippen LogP contribution in [-0.4, -0.2) is 34.2 Å². The molecular weight excluding hydrogens is 326 g/mol. The topological polar surface area (TPSA) is 63.2 Å². The van der Waals surface area contributed by atoms with Gasteiger partial charge in [0, 0.05) is 43.1 Å². The number of pyridine rings is 1. The van der Waals surface area contributed by atoms with Gasteiger partial charge in [-0.2, -0.15) is 0 Å². The quantitative estimate of drug-likeness (QED) is 0.898. The molecule has 0 unspecified atom stereocenters. The van der Waals surface area contributed by atoms with Crippen molar-refractivity contribution >= 4 is 18.6 Å². The molecule has 26 heavy (non-hydrogen) atoms. The second-order valence-electron chi connectivity index (χ2n) is 7.30. The van der Waals surface area contributed by atoms with Crippen molar-refractivity contribution in [2.75, 3.05) is 18.2 Å².